The first-order valence-electron chi connectivity index (χ1n) is 6.71. The first-order valence-corrected chi connectivity index (χ1v) is 7.90. The van der Waals surface area contributed by atoms with E-state index in [4.69, 9.17) is 21.1 Å². The zero-order chi connectivity index (χ0) is 17.7. The van der Waals surface area contributed by atoms with Crippen LogP contribution in [-0.2, 0) is 10.9 Å². The van der Waals surface area contributed by atoms with Gasteiger partial charge in [0.1, 0.15) is 12.4 Å². The molecule has 0 spiro atoms. The third-order valence-corrected chi connectivity index (χ3v) is 4.13. The van der Waals surface area contributed by atoms with E-state index >= 15 is 0 Å². The second kappa shape index (κ2) is 7.87. The van der Waals surface area contributed by atoms with Gasteiger partial charge in [-0.25, -0.2) is 0 Å². The number of carbonyl (C=O) groups excluding carboxylic acids is 1. The molecule has 1 aromatic heterocycles. The normalized spacial score (nSPS) is 11.4. The van der Waals surface area contributed by atoms with Crippen molar-refractivity contribution in [1.29, 1.82) is 0 Å². The van der Waals surface area contributed by atoms with E-state index in [1.807, 2.05) is 0 Å². The molecule has 1 heterocycles. The minimum absolute atomic E-state index is 0.0737. The van der Waals surface area contributed by atoms with Gasteiger partial charge in [0, 0.05) is 7.11 Å². The van der Waals surface area contributed by atoms with Gasteiger partial charge in [0.05, 0.1) is 27.1 Å². The number of carbonyl (C=O) groups is 1. The van der Waals surface area contributed by atoms with Crippen LogP contribution in [0.2, 0.25) is 4.34 Å². The van der Waals surface area contributed by atoms with Crippen molar-refractivity contribution < 1.29 is 27.4 Å². The number of thiophene rings is 1. The van der Waals surface area contributed by atoms with E-state index in [2.05, 4.69) is 5.32 Å². The maximum absolute atomic E-state index is 12.9. The van der Waals surface area contributed by atoms with Crippen LogP contribution in [0.3, 0.4) is 0 Å². The molecule has 1 aromatic carbocycles. The van der Waals surface area contributed by atoms with Crippen molar-refractivity contribution in [2.45, 2.75) is 6.18 Å². The Morgan fingerprint density at radius 1 is 1.25 bits per heavy atom. The van der Waals surface area contributed by atoms with E-state index < -0.39 is 17.6 Å². The van der Waals surface area contributed by atoms with Gasteiger partial charge in [0.25, 0.3) is 5.91 Å². The molecule has 0 atom stereocenters. The zero-order valence-electron chi connectivity index (χ0n) is 12.4. The predicted molar refractivity (Wildman–Crippen MR) is 86.1 cm³/mol. The van der Waals surface area contributed by atoms with Crippen molar-refractivity contribution in [1.82, 2.24) is 0 Å². The third kappa shape index (κ3) is 4.86. The Morgan fingerprint density at radius 3 is 2.58 bits per heavy atom. The van der Waals surface area contributed by atoms with Crippen LogP contribution in [0, 0.1) is 0 Å². The van der Waals surface area contributed by atoms with Crippen LogP contribution in [0.15, 0.2) is 30.3 Å². The fourth-order valence-electron chi connectivity index (χ4n) is 1.79. The Balaban J connectivity index is 2.27. The van der Waals surface area contributed by atoms with E-state index in [0.717, 1.165) is 29.5 Å². The fraction of sp³-hybridized carbons (Fsp3) is 0.267. The summed E-state index contributed by atoms with van der Waals surface area (Å²) in [6.07, 6.45) is -4.53. The summed E-state index contributed by atoms with van der Waals surface area (Å²) in [5.74, 6) is -0.445. The van der Waals surface area contributed by atoms with Crippen LogP contribution in [-0.4, -0.2) is 26.2 Å². The Morgan fingerprint density at radius 2 is 2.00 bits per heavy atom. The molecule has 0 bridgehead atoms. The second-order valence-electron chi connectivity index (χ2n) is 4.61. The van der Waals surface area contributed by atoms with E-state index in [-0.39, 0.29) is 29.5 Å². The molecule has 0 aliphatic rings. The summed E-state index contributed by atoms with van der Waals surface area (Å²) in [5.41, 5.74) is -0.962. The number of halogens is 4. The molecule has 0 unspecified atom stereocenters. The van der Waals surface area contributed by atoms with Gasteiger partial charge in [0.15, 0.2) is 0 Å². The van der Waals surface area contributed by atoms with E-state index in [0.29, 0.717) is 4.34 Å². The van der Waals surface area contributed by atoms with E-state index in [1.54, 1.807) is 0 Å². The molecule has 0 aliphatic carbocycles. The van der Waals surface area contributed by atoms with Crippen LogP contribution < -0.4 is 10.1 Å². The first kappa shape index (κ1) is 18.6. The molecule has 24 heavy (non-hydrogen) atoms. The quantitative estimate of drug-likeness (QED) is 0.740. The molecule has 0 radical (unpaired) electrons. The van der Waals surface area contributed by atoms with Crippen LogP contribution >= 0.6 is 22.9 Å². The number of benzene rings is 1. The Hall–Kier alpha value is -1.77. The monoisotopic (exact) mass is 379 g/mol. The van der Waals surface area contributed by atoms with Crippen LogP contribution in [0.4, 0.5) is 18.9 Å². The summed E-state index contributed by atoms with van der Waals surface area (Å²) in [6, 6.07) is 5.90. The first-order chi connectivity index (χ1) is 11.3. The number of hydrogen-bond donors (Lipinski definition) is 1. The minimum atomic E-state index is -4.53. The Labute approximate surface area is 145 Å². The van der Waals surface area contributed by atoms with Crippen LogP contribution in [0.5, 0.6) is 5.75 Å². The molecule has 1 amide bonds. The number of rotatable bonds is 6. The summed E-state index contributed by atoms with van der Waals surface area (Å²) in [4.78, 5) is 12.4. The van der Waals surface area contributed by atoms with Crippen LogP contribution in [0.25, 0.3) is 0 Å². The number of alkyl halides is 3. The smallest absolute Gasteiger partial charge is 0.416 e. The second-order valence-corrected chi connectivity index (χ2v) is 6.32. The average Bonchev–Trinajstić information content (AvgIpc) is 2.94. The number of nitrogens with one attached hydrogen (secondary N) is 1. The number of hydrogen-bond acceptors (Lipinski definition) is 4. The lowest BCUT2D eigenvalue weighted by atomic mass is 10.1. The SMILES string of the molecule is COCCOc1ccc(C(F)(F)F)cc1NC(=O)c1ccc(Cl)s1. The van der Waals surface area contributed by atoms with Crippen molar-refractivity contribution in [2.24, 2.45) is 0 Å². The topological polar surface area (TPSA) is 47.6 Å². The van der Waals surface area contributed by atoms with Gasteiger partial charge in [-0.3, -0.25) is 4.79 Å². The molecule has 9 heteroatoms. The predicted octanol–water partition coefficient (Wildman–Crippen LogP) is 4.70. The van der Waals surface area contributed by atoms with Crippen molar-refractivity contribution in [3.05, 3.63) is 45.1 Å². The minimum Gasteiger partial charge on any atom is -0.489 e. The standard InChI is InChI=1S/C15H13ClF3NO3S/c1-22-6-7-23-11-3-2-9(15(17,18)19)8-10(11)20-14(21)12-4-5-13(16)24-12/h2-5,8H,6-7H2,1H3,(H,20,21). The third-order valence-electron chi connectivity index (χ3n) is 2.90. The highest BCUT2D eigenvalue weighted by Crippen LogP contribution is 2.35. The molecule has 0 saturated carbocycles. The number of methoxy groups -OCH3 is 1. The Bertz CT molecular complexity index is 718. The van der Waals surface area contributed by atoms with Crippen molar-refractivity contribution in [3.8, 4) is 5.75 Å². The molecule has 4 nitrogen and oxygen atoms in total. The zero-order valence-corrected chi connectivity index (χ0v) is 14.0. The number of anilines is 1. The maximum atomic E-state index is 12.9. The molecule has 2 rings (SSSR count). The van der Waals surface area contributed by atoms with Gasteiger partial charge < -0.3 is 14.8 Å². The summed E-state index contributed by atoms with van der Waals surface area (Å²) in [5, 5.41) is 2.43. The summed E-state index contributed by atoms with van der Waals surface area (Å²) in [6.45, 7) is 0.393. The van der Waals surface area contributed by atoms with Gasteiger partial charge >= 0.3 is 6.18 Å². The summed E-state index contributed by atoms with van der Waals surface area (Å²) >= 11 is 6.78. The summed E-state index contributed by atoms with van der Waals surface area (Å²) in [7, 11) is 1.47. The van der Waals surface area contributed by atoms with E-state index in [9.17, 15) is 18.0 Å². The average molecular weight is 380 g/mol. The molecule has 0 aliphatic heterocycles. The lowest BCUT2D eigenvalue weighted by Crippen LogP contribution is -2.14. The van der Waals surface area contributed by atoms with Gasteiger partial charge in [-0.15, -0.1) is 11.3 Å². The van der Waals surface area contributed by atoms with E-state index in [1.165, 1.54) is 19.2 Å². The fourth-order valence-corrected chi connectivity index (χ4v) is 2.72. The molecular weight excluding hydrogens is 367 g/mol. The van der Waals surface area contributed by atoms with Crippen molar-refractivity contribution in [3.63, 3.8) is 0 Å². The van der Waals surface area contributed by atoms with Crippen LogP contribution in [0.1, 0.15) is 15.2 Å². The number of amides is 1. The summed E-state index contributed by atoms with van der Waals surface area (Å²) < 4.78 is 49.2. The van der Waals surface area contributed by atoms with Gasteiger partial charge in [0.2, 0.25) is 0 Å². The molecule has 0 fully saturated rings. The molecule has 130 valence electrons. The van der Waals surface area contributed by atoms with Crippen molar-refractivity contribution >= 4 is 34.5 Å². The molecule has 1 N–H and O–H groups in total. The van der Waals surface area contributed by atoms with Gasteiger partial charge in [-0.2, -0.15) is 13.2 Å². The highest BCUT2D eigenvalue weighted by Gasteiger charge is 2.31. The molecule has 0 saturated heterocycles. The Kier molecular flexibility index (Phi) is 6.09. The van der Waals surface area contributed by atoms with Crippen molar-refractivity contribution in [2.75, 3.05) is 25.6 Å². The highest BCUT2D eigenvalue weighted by atomic mass is 35.5. The largest absolute Gasteiger partial charge is 0.489 e. The lowest BCUT2D eigenvalue weighted by Gasteiger charge is -2.15. The van der Waals surface area contributed by atoms with Gasteiger partial charge in [-0.05, 0) is 30.3 Å². The molecular formula is C15H13ClF3NO3S. The number of ether oxygens (including phenoxy) is 2. The highest BCUT2D eigenvalue weighted by molar-refractivity contribution is 7.18. The lowest BCUT2D eigenvalue weighted by molar-refractivity contribution is -0.137. The maximum Gasteiger partial charge on any atom is 0.416 e. The van der Waals surface area contributed by atoms with Gasteiger partial charge in [-0.1, -0.05) is 11.6 Å². The molecule has 2 aromatic rings.